The molecule has 0 radical (unpaired) electrons. The number of rotatable bonds is 3. The molecule has 17 heavy (non-hydrogen) atoms. The largest absolute Gasteiger partial charge is 0.451 e. The van der Waals surface area contributed by atoms with Gasteiger partial charge in [0.2, 0.25) is 0 Å². The molecule has 0 spiro atoms. The van der Waals surface area contributed by atoms with E-state index in [1.807, 2.05) is 19.1 Å². The molecule has 2 aromatic rings. The van der Waals surface area contributed by atoms with E-state index in [-0.39, 0.29) is 5.82 Å². The Hall–Kier alpha value is -0.810. The molecule has 2 rings (SSSR count). The van der Waals surface area contributed by atoms with Crippen LogP contribution in [0, 0.1) is 12.7 Å². The maximum atomic E-state index is 13.1. The molecule has 0 aliphatic carbocycles. The summed E-state index contributed by atoms with van der Waals surface area (Å²) in [7, 11) is 0. The van der Waals surface area contributed by atoms with Gasteiger partial charge in [-0.05, 0) is 68.6 Å². The minimum absolute atomic E-state index is 0.241. The second-order valence-corrected chi connectivity index (χ2v) is 5.28. The average Bonchev–Trinajstić information content (AvgIpc) is 2.54. The fourth-order valence-corrected chi connectivity index (χ4v) is 2.16. The quantitative estimate of drug-likeness (QED) is 0.843. The van der Waals surface area contributed by atoms with E-state index in [0.717, 1.165) is 21.5 Å². The Morgan fingerprint density at radius 3 is 2.59 bits per heavy atom. The Labute approximate surface area is 115 Å². The second-order valence-electron chi connectivity index (χ2n) is 3.71. The van der Waals surface area contributed by atoms with Crippen LogP contribution in [0.5, 0.6) is 0 Å². The minimum Gasteiger partial charge on any atom is -0.451 e. The number of benzene rings is 1. The predicted molar refractivity (Wildman–Crippen MR) is 72.6 cm³/mol. The monoisotopic (exact) mass is 361 g/mol. The zero-order valence-electron chi connectivity index (χ0n) is 9.06. The van der Waals surface area contributed by atoms with Gasteiger partial charge in [-0.25, -0.2) is 4.39 Å². The summed E-state index contributed by atoms with van der Waals surface area (Å²) in [6.45, 7) is 2.36. The predicted octanol–water partition coefficient (Wildman–Crippen LogP) is 4.86. The Morgan fingerprint density at radius 2 is 2.00 bits per heavy atom. The first-order valence-electron chi connectivity index (χ1n) is 4.99. The number of nitrogens with one attached hydrogen (secondary N) is 1. The van der Waals surface area contributed by atoms with E-state index in [1.54, 1.807) is 0 Å². The molecular weight excluding hydrogens is 353 g/mol. The number of hydrogen-bond acceptors (Lipinski definition) is 2. The fourth-order valence-electron chi connectivity index (χ4n) is 1.51. The number of aryl methyl sites for hydroxylation is 1. The summed E-state index contributed by atoms with van der Waals surface area (Å²) >= 11 is 6.60. The maximum absolute atomic E-state index is 13.1. The van der Waals surface area contributed by atoms with Crippen LogP contribution in [0.25, 0.3) is 0 Å². The van der Waals surface area contributed by atoms with Gasteiger partial charge in [0.15, 0.2) is 4.67 Å². The first kappa shape index (κ1) is 12.6. The van der Waals surface area contributed by atoms with Gasteiger partial charge in [-0.2, -0.15) is 0 Å². The summed E-state index contributed by atoms with van der Waals surface area (Å²) < 4.78 is 20.1. The number of hydrogen-bond donors (Lipinski definition) is 1. The van der Waals surface area contributed by atoms with Crippen LogP contribution in [-0.2, 0) is 6.54 Å². The Morgan fingerprint density at radius 1 is 1.24 bits per heavy atom. The lowest BCUT2D eigenvalue weighted by Gasteiger charge is -2.05. The van der Waals surface area contributed by atoms with Gasteiger partial charge in [-0.3, -0.25) is 0 Å². The van der Waals surface area contributed by atoms with E-state index in [1.165, 1.54) is 12.1 Å². The van der Waals surface area contributed by atoms with Gasteiger partial charge in [-0.1, -0.05) is 0 Å². The molecule has 90 valence electrons. The first-order chi connectivity index (χ1) is 8.04. The number of halogens is 3. The molecule has 0 saturated carbocycles. The second kappa shape index (κ2) is 5.23. The molecule has 0 unspecified atom stereocenters. The van der Waals surface area contributed by atoms with Crippen LogP contribution in [0.15, 0.2) is 37.8 Å². The van der Waals surface area contributed by atoms with Gasteiger partial charge < -0.3 is 9.73 Å². The van der Waals surface area contributed by atoms with Crippen LogP contribution in [0.3, 0.4) is 0 Å². The van der Waals surface area contributed by atoms with Crippen molar-refractivity contribution in [1.29, 1.82) is 0 Å². The SMILES string of the molecule is Cc1cc(F)cc(NCc2cc(Br)c(Br)o2)c1. The van der Waals surface area contributed by atoms with Gasteiger partial charge >= 0.3 is 0 Å². The molecule has 0 aliphatic heterocycles. The fraction of sp³-hybridized carbons (Fsp3) is 0.167. The number of furan rings is 1. The van der Waals surface area contributed by atoms with E-state index in [0.29, 0.717) is 11.2 Å². The molecule has 5 heteroatoms. The van der Waals surface area contributed by atoms with Crippen LogP contribution in [0.1, 0.15) is 11.3 Å². The topological polar surface area (TPSA) is 25.2 Å². The molecule has 0 amide bonds. The Bertz CT molecular complexity index is 500. The molecular formula is C12H10Br2FNO. The highest BCUT2D eigenvalue weighted by Gasteiger charge is 2.06. The van der Waals surface area contributed by atoms with Crippen LogP contribution in [0.2, 0.25) is 0 Å². The van der Waals surface area contributed by atoms with Crippen LogP contribution < -0.4 is 5.32 Å². The standard InChI is InChI=1S/C12H10Br2FNO/c1-7-2-8(15)4-9(3-7)16-6-10-5-11(13)12(14)17-10/h2-5,16H,6H2,1H3. The van der Waals surface area contributed by atoms with Crippen LogP contribution in [0.4, 0.5) is 10.1 Å². The van der Waals surface area contributed by atoms with Crippen molar-refractivity contribution in [3.8, 4) is 0 Å². The molecule has 0 bridgehead atoms. The molecule has 0 atom stereocenters. The number of anilines is 1. The summed E-state index contributed by atoms with van der Waals surface area (Å²) in [6.07, 6.45) is 0. The zero-order valence-corrected chi connectivity index (χ0v) is 12.2. The first-order valence-corrected chi connectivity index (χ1v) is 6.58. The van der Waals surface area contributed by atoms with E-state index in [4.69, 9.17) is 4.42 Å². The third kappa shape index (κ3) is 3.33. The molecule has 1 N–H and O–H groups in total. The zero-order chi connectivity index (χ0) is 12.4. The summed E-state index contributed by atoms with van der Waals surface area (Å²) in [5.41, 5.74) is 1.63. The molecule has 0 saturated heterocycles. The van der Waals surface area contributed by atoms with Crippen molar-refractivity contribution < 1.29 is 8.81 Å². The van der Waals surface area contributed by atoms with Gasteiger partial charge in [0, 0.05) is 5.69 Å². The third-order valence-corrected chi connectivity index (χ3v) is 3.92. The van der Waals surface area contributed by atoms with Crippen molar-refractivity contribution in [1.82, 2.24) is 0 Å². The normalized spacial score (nSPS) is 10.6. The van der Waals surface area contributed by atoms with E-state index < -0.39 is 0 Å². The lowest BCUT2D eigenvalue weighted by molar-refractivity contribution is 0.494. The maximum Gasteiger partial charge on any atom is 0.183 e. The lowest BCUT2D eigenvalue weighted by atomic mass is 10.2. The van der Waals surface area contributed by atoms with E-state index in [9.17, 15) is 4.39 Å². The van der Waals surface area contributed by atoms with Crippen molar-refractivity contribution in [2.45, 2.75) is 13.5 Å². The smallest absolute Gasteiger partial charge is 0.183 e. The van der Waals surface area contributed by atoms with Gasteiger partial charge in [0.05, 0.1) is 11.0 Å². The molecule has 0 fully saturated rings. The average molecular weight is 363 g/mol. The van der Waals surface area contributed by atoms with Crippen molar-refractivity contribution in [3.63, 3.8) is 0 Å². The van der Waals surface area contributed by atoms with Crippen LogP contribution in [-0.4, -0.2) is 0 Å². The highest BCUT2D eigenvalue weighted by atomic mass is 79.9. The van der Waals surface area contributed by atoms with Gasteiger partial charge in [-0.15, -0.1) is 0 Å². The third-order valence-electron chi connectivity index (χ3n) is 2.21. The van der Waals surface area contributed by atoms with Crippen molar-refractivity contribution in [3.05, 3.63) is 50.5 Å². The molecule has 1 aromatic carbocycles. The van der Waals surface area contributed by atoms with E-state index in [2.05, 4.69) is 37.2 Å². The molecule has 0 aliphatic rings. The minimum atomic E-state index is -0.241. The summed E-state index contributed by atoms with van der Waals surface area (Å²) in [5, 5.41) is 3.11. The van der Waals surface area contributed by atoms with Crippen LogP contribution >= 0.6 is 31.9 Å². The highest BCUT2D eigenvalue weighted by molar-refractivity contribution is 9.13. The van der Waals surface area contributed by atoms with Gasteiger partial charge in [0.25, 0.3) is 0 Å². The lowest BCUT2D eigenvalue weighted by Crippen LogP contribution is -1.98. The van der Waals surface area contributed by atoms with Crippen molar-refractivity contribution >= 4 is 37.5 Å². The Kier molecular flexibility index (Phi) is 3.89. The van der Waals surface area contributed by atoms with E-state index >= 15 is 0 Å². The van der Waals surface area contributed by atoms with Crippen molar-refractivity contribution in [2.75, 3.05) is 5.32 Å². The highest BCUT2D eigenvalue weighted by Crippen LogP contribution is 2.27. The summed E-state index contributed by atoms with van der Waals surface area (Å²) in [6, 6.07) is 6.70. The summed E-state index contributed by atoms with van der Waals surface area (Å²) in [5.74, 6) is 0.528. The molecule has 1 aromatic heterocycles. The molecule has 1 heterocycles. The van der Waals surface area contributed by atoms with Gasteiger partial charge in [0.1, 0.15) is 11.6 Å². The molecule has 2 nitrogen and oxygen atoms in total. The van der Waals surface area contributed by atoms with Crippen molar-refractivity contribution in [2.24, 2.45) is 0 Å². The summed E-state index contributed by atoms with van der Waals surface area (Å²) in [4.78, 5) is 0. The Balaban J connectivity index is 2.07.